The van der Waals surface area contributed by atoms with Crippen LogP contribution in [0.1, 0.15) is 5.56 Å². The van der Waals surface area contributed by atoms with Crippen LogP contribution in [-0.4, -0.2) is 36.0 Å². The van der Waals surface area contributed by atoms with Crippen molar-refractivity contribution in [3.05, 3.63) is 58.5 Å². The molecule has 0 saturated carbocycles. The van der Waals surface area contributed by atoms with Gasteiger partial charge in [-0.2, -0.15) is 0 Å². The molecule has 1 aromatic carbocycles. The summed E-state index contributed by atoms with van der Waals surface area (Å²) in [7, 11) is -3.27. The second-order valence-electron chi connectivity index (χ2n) is 5.95. The lowest BCUT2D eigenvalue weighted by Crippen LogP contribution is -2.19. The summed E-state index contributed by atoms with van der Waals surface area (Å²) in [5.74, 6) is 0.738. The Bertz CT molecular complexity index is 1110. The number of aromatic nitrogens is 3. The van der Waals surface area contributed by atoms with Crippen LogP contribution in [0.3, 0.4) is 0 Å². The summed E-state index contributed by atoms with van der Waals surface area (Å²) in [6.45, 7) is 0.622. The van der Waals surface area contributed by atoms with E-state index in [9.17, 15) is 13.2 Å². The second-order valence-corrected chi connectivity index (χ2v) is 7.96. The molecule has 7 nitrogen and oxygen atoms in total. The summed E-state index contributed by atoms with van der Waals surface area (Å²) in [6, 6.07) is 9.98. The van der Waals surface area contributed by atoms with Crippen molar-refractivity contribution in [1.29, 1.82) is 0 Å². The van der Waals surface area contributed by atoms with E-state index < -0.39 is 9.84 Å². The van der Waals surface area contributed by atoms with E-state index in [0.29, 0.717) is 24.2 Å². The molecule has 128 valence electrons. The molecule has 0 bridgehead atoms. The molecule has 0 aliphatic carbocycles. The van der Waals surface area contributed by atoms with Crippen LogP contribution in [-0.2, 0) is 16.3 Å². The Morgan fingerprint density at radius 3 is 2.64 bits per heavy atom. The van der Waals surface area contributed by atoms with Crippen molar-refractivity contribution in [2.24, 2.45) is 0 Å². The van der Waals surface area contributed by atoms with Gasteiger partial charge in [0.2, 0.25) is 0 Å². The van der Waals surface area contributed by atoms with Gasteiger partial charge in [0.25, 0.3) is 5.56 Å². The van der Waals surface area contributed by atoms with Crippen LogP contribution in [0.15, 0.2) is 52.3 Å². The van der Waals surface area contributed by atoms with E-state index in [1.165, 1.54) is 16.8 Å². The number of anilines is 1. The van der Waals surface area contributed by atoms with Crippen molar-refractivity contribution in [3.8, 4) is 16.9 Å². The number of pyridine rings is 1. The van der Waals surface area contributed by atoms with Gasteiger partial charge in [-0.05, 0) is 42.8 Å². The zero-order valence-electron chi connectivity index (χ0n) is 13.5. The summed E-state index contributed by atoms with van der Waals surface area (Å²) in [5, 5.41) is 6.37. The van der Waals surface area contributed by atoms with Gasteiger partial charge in [0, 0.05) is 30.1 Å². The van der Waals surface area contributed by atoms with Gasteiger partial charge in [-0.3, -0.25) is 9.89 Å². The molecule has 3 heterocycles. The van der Waals surface area contributed by atoms with E-state index in [4.69, 9.17) is 0 Å². The second kappa shape index (κ2) is 5.59. The number of sulfone groups is 1. The SMILES string of the molecule is CS(=O)(=O)c1ccc(-n2[nH]c3c(c2=O)CCNc2ncccc2-3)cc1. The average molecular weight is 356 g/mol. The lowest BCUT2D eigenvalue weighted by molar-refractivity contribution is 0.602. The predicted molar refractivity (Wildman–Crippen MR) is 94.9 cm³/mol. The Hall–Kier alpha value is -2.87. The van der Waals surface area contributed by atoms with E-state index in [1.54, 1.807) is 18.3 Å². The minimum atomic E-state index is -3.27. The summed E-state index contributed by atoms with van der Waals surface area (Å²) in [5.41, 5.74) is 2.72. The fourth-order valence-corrected chi connectivity index (χ4v) is 3.64. The number of nitrogens with zero attached hydrogens (tertiary/aromatic N) is 2. The van der Waals surface area contributed by atoms with Gasteiger partial charge in [-0.1, -0.05) is 0 Å². The number of fused-ring (bicyclic) bond motifs is 3. The highest BCUT2D eigenvalue weighted by Crippen LogP contribution is 2.29. The summed E-state index contributed by atoms with van der Waals surface area (Å²) >= 11 is 0. The first-order valence-corrected chi connectivity index (χ1v) is 9.68. The highest BCUT2D eigenvalue weighted by molar-refractivity contribution is 7.90. The Morgan fingerprint density at radius 1 is 1.16 bits per heavy atom. The standard InChI is InChI=1S/C17H16N4O3S/c1-25(23,24)12-6-4-11(5-7-12)21-17(22)14-8-10-19-16-13(15(14)20-21)3-2-9-18-16/h2-7,9,20H,8,10H2,1H3,(H,18,19). The molecule has 0 spiro atoms. The number of rotatable bonds is 2. The van der Waals surface area contributed by atoms with E-state index in [0.717, 1.165) is 23.3 Å². The summed E-state index contributed by atoms with van der Waals surface area (Å²) in [6.07, 6.45) is 3.44. The molecule has 4 rings (SSSR count). The molecule has 0 unspecified atom stereocenters. The maximum absolute atomic E-state index is 12.8. The zero-order chi connectivity index (χ0) is 17.6. The van der Waals surface area contributed by atoms with E-state index >= 15 is 0 Å². The third-order valence-electron chi connectivity index (χ3n) is 4.25. The zero-order valence-corrected chi connectivity index (χ0v) is 14.3. The molecule has 3 aromatic rings. The highest BCUT2D eigenvalue weighted by Gasteiger charge is 2.22. The lowest BCUT2D eigenvalue weighted by Gasteiger charge is -2.07. The molecule has 8 heteroatoms. The summed E-state index contributed by atoms with van der Waals surface area (Å²) in [4.78, 5) is 17.4. The number of aromatic amines is 1. The number of benzene rings is 1. The van der Waals surface area contributed by atoms with Gasteiger partial charge in [-0.25, -0.2) is 18.1 Å². The van der Waals surface area contributed by atoms with E-state index in [-0.39, 0.29) is 10.5 Å². The van der Waals surface area contributed by atoms with Crippen LogP contribution in [0.25, 0.3) is 16.9 Å². The highest BCUT2D eigenvalue weighted by atomic mass is 32.2. The molecule has 0 fully saturated rings. The molecule has 0 amide bonds. The number of H-pyrrole nitrogens is 1. The average Bonchev–Trinajstić information content (AvgIpc) is 2.80. The van der Waals surface area contributed by atoms with Crippen molar-refractivity contribution in [1.82, 2.24) is 14.8 Å². The summed E-state index contributed by atoms with van der Waals surface area (Å²) < 4.78 is 24.6. The minimum absolute atomic E-state index is 0.138. The topological polar surface area (TPSA) is 96.9 Å². The molecule has 0 saturated heterocycles. The normalized spacial score (nSPS) is 13.5. The van der Waals surface area contributed by atoms with Crippen LogP contribution in [0.2, 0.25) is 0 Å². The molecule has 0 radical (unpaired) electrons. The van der Waals surface area contributed by atoms with Crippen molar-refractivity contribution in [2.75, 3.05) is 18.1 Å². The molecular formula is C17H16N4O3S. The van der Waals surface area contributed by atoms with Crippen LogP contribution in [0.5, 0.6) is 0 Å². The van der Waals surface area contributed by atoms with Gasteiger partial charge in [0.05, 0.1) is 16.3 Å². The van der Waals surface area contributed by atoms with Crippen LogP contribution >= 0.6 is 0 Å². The monoisotopic (exact) mass is 356 g/mol. The number of nitrogens with one attached hydrogen (secondary N) is 2. The molecule has 2 N–H and O–H groups in total. The van der Waals surface area contributed by atoms with E-state index in [1.807, 2.05) is 12.1 Å². The predicted octanol–water partition coefficient (Wildman–Crippen LogP) is 1.60. The molecule has 25 heavy (non-hydrogen) atoms. The molecular weight excluding hydrogens is 340 g/mol. The molecule has 2 aromatic heterocycles. The van der Waals surface area contributed by atoms with Crippen LogP contribution in [0, 0.1) is 0 Å². The van der Waals surface area contributed by atoms with Crippen molar-refractivity contribution in [3.63, 3.8) is 0 Å². The smallest absolute Gasteiger partial charge is 0.275 e. The van der Waals surface area contributed by atoms with Crippen molar-refractivity contribution in [2.45, 2.75) is 11.3 Å². The maximum Gasteiger partial charge on any atom is 0.275 e. The van der Waals surface area contributed by atoms with E-state index in [2.05, 4.69) is 15.4 Å². The maximum atomic E-state index is 12.8. The minimum Gasteiger partial charge on any atom is -0.369 e. The quantitative estimate of drug-likeness (QED) is 0.727. The Balaban J connectivity index is 1.86. The third kappa shape index (κ3) is 2.64. The first kappa shape index (κ1) is 15.6. The fourth-order valence-electron chi connectivity index (χ4n) is 3.00. The van der Waals surface area contributed by atoms with Gasteiger partial charge < -0.3 is 5.32 Å². The van der Waals surface area contributed by atoms with Gasteiger partial charge in [0.15, 0.2) is 9.84 Å². The van der Waals surface area contributed by atoms with Crippen molar-refractivity contribution < 1.29 is 8.42 Å². The Labute approximate surface area is 144 Å². The third-order valence-corrected chi connectivity index (χ3v) is 5.38. The molecule has 0 atom stereocenters. The van der Waals surface area contributed by atoms with Gasteiger partial charge in [0.1, 0.15) is 5.82 Å². The van der Waals surface area contributed by atoms with Gasteiger partial charge in [-0.15, -0.1) is 0 Å². The number of hydrogen-bond donors (Lipinski definition) is 2. The lowest BCUT2D eigenvalue weighted by atomic mass is 10.1. The molecule has 1 aliphatic rings. The Kier molecular flexibility index (Phi) is 3.50. The van der Waals surface area contributed by atoms with Crippen molar-refractivity contribution >= 4 is 15.7 Å². The first-order chi connectivity index (χ1) is 11.9. The van der Waals surface area contributed by atoms with Crippen LogP contribution in [0.4, 0.5) is 5.82 Å². The fraction of sp³-hybridized carbons (Fsp3) is 0.176. The van der Waals surface area contributed by atoms with Crippen LogP contribution < -0.4 is 10.9 Å². The largest absolute Gasteiger partial charge is 0.369 e. The Morgan fingerprint density at radius 2 is 1.92 bits per heavy atom. The van der Waals surface area contributed by atoms with Gasteiger partial charge >= 0.3 is 0 Å². The number of hydrogen-bond acceptors (Lipinski definition) is 5. The first-order valence-electron chi connectivity index (χ1n) is 7.79. The molecule has 1 aliphatic heterocycles.